The molecule has 1 aliphatic rings. The van der Waals surface area contributed by atoms with Crippen molar-refractivity contribution in [3.63, 3.8) is 0 Å². The maximum atomic E-state index is 13.9. The maximum absolute atomic E-state index is 13.9. The Kier molecular flexibility index (Phi) is 4.19. The number of halogens is 1. The van der Waals surface area contributed by atoms with Crippen LogP contribution in [0.15, 0.2) is 47.4 Å². The molecule has 0 bridgehead atoms. The normalized spacial score (nSPS) is 15.5. The monoisotopic (exact) mass is 373 g/mol. The van der Waals surface area contributed by atoms with E-state index in [0.29, 0.717) is 16.7 Å². The van der Waals surface area contributed by atoms with Crippen LogP contribution in [-0.2, 0) is 10.0 Å². The fourth-order valence-corrected chi connectivity index (χ4v) is 4.66. The lowest BCUT2D eigenvalue weighted by Gasteiger charge is -2.26. The molecular formula is C19H20FN3O2S. The minimum Gasteiger partial charge on any atom is -0.355 e. The molecule has 0 atom stereocenters. The first kappa shape index (κ1) is 17.0. The van der Waals surface area contributed by atoms with Crippen molar-refractivity contribution in [1.29, 1.82) is 0 Å². The highest BCUT2D eigenvalue weighted by Crippen LogP contribution is 2.31. The molecule has 2 heterocycles. The van der Waals surface area contributed by atoms with Crippen LogP contribution in [0.1, 0.15) is 24.8 Å². The van der Waals surface area contributed by atoms with Crippen LogP contribution in [0.3, 0.4) is 0 Å². The second-order valence-corrected chi connectivity index (χ2v) is 8.46. The molecule has 0 unspecified atom stereocenters. The topological polar surface area (TPSA) is 55.2 Å². The molecule has 0 aliphatic carbocycles. The molecule has 0 spiro atoms. The summed E-state index contributed by atoms with van der Waals surface area (Å²) in [7, 11) is -3.86. The van der Waals surface area contributed by atoms with Crippen LogP contribution in [0.5, 0.6) is 0 Å². The van der Waals surface area contributed by atoms with Crippen LogP contribution in [0.4, 0.5) is 10.2 Å². The van der Waals surface area contributed by atoms with Crippen LogP contribution in [-0.4, -0.2) is 30.7 Å². The number of nitrogens with zero attached hydrogens (tertiary/aromatic N) is 3. The van der Waals surface area contributed by atoms with E-state index in [1.54, 1.807) is 24.3 Å². The molecule has 5 nitrogen and oxygen atoms in total. The first-order valence-electron chi connectivity index (χ1n) is 8.72. The van der Waals surface area contributed by atoms with E-state index in [1.807, 2.05) is 11.8 Å². The number of hydrogen-bond acceptors (Lipinski definition) is 4. The molecule has 2 aromatic carbocycles. The first-order chi connectivity index (χ1) is 12.5. The van der Waals surface area contributed by atoms with Crippen LogP contribution < -0.4 is 4.90 Å². The van der Waals surface area contributed by atoms with Crippen molar-refractivity contribution in [2.75, 3.05) is 18.0 Å². The summed E-state index contributed by atoms with van der Waals surface area (Å²) in [5, 5.41) is 4.94. The molecule has 26 heavy (non-hydrogen) atoms. The van der Waals surface area contributed by atoms with Crippen molar-refractivity contribution in [3.8, 4) is 0 Å². The Morgan fingerprint density at radius 2 is 1.69 bits per heavy atom. The van der Waals surface area contributed by atoms with Crippen LogP contribution in [0, 0.1) is 12.7 Å². The predicted molar refractivity (Wildman–Crippen MR) is 99.5 cm³/mol. The van der Waals surface area contributed by atoms with Gasteiger partial charge in [0.2, 0.25) is 0 Å². The van der Waals surface area contributed by atoms with E-state index < -0.39 is 15.8 Å². The molecule has 1 fully saturated rings. The number of anilines is 1. The molecule has 0 radical (unpaired) electrons. The molecule has 3 aromatic rings. The lowest BCUT2D eigenvalue weighted by atomic mass is 10.1. The van der Waals surface area contributed by atoms with Gasteiger partial charge < -0.3 is 4.90 Å². The van der Waals surface area contributed by atoms with Gasteiger partial charge in [-0.25, -0.2) is 4.39 Å². The van der Waals surface area contributed by atoms with Gasteiger partial charge in [-0.05, 0) is 56.5 Å². The zero-order chi connectivity index (χ0) is 18.3. The Bertz CT molecular complexity index is 1050. The molecule has 136 valence electrons. The Labute approximate surface area is 152 Å². The smallest absolute Gasteiger partial charge is 0.283 e. The van der Waals surface area contributed by atoms with Gasteiger partial charge in [0, 0.05) is 18.5 Å². The molecule has 0 saturated carbocycles. The second kappa shape index (κ2) is 6.39. The minimum absolute atomic E-state index is 0.169. The van der Waals surface area contributed by atoms with Gasteiger partial charge in [-0.1, -0.05) is 17.7 Å². The molecule has 1 aliphatic heterocycles. The van der Waals surface area contributed by atoms with E-state index in [0.717, 1.165) is 42.0 Å². The number of benzene rings is 2. The number of aromatic nitrogens is 2. The van der Waals surface area contributed by atoms with Crippen molar-refractivity contribution in [1.82, 2.24) is 9.19 Å². The summed E-state index contributed by atoms with van der Waals surface area (Å²) in [6, 6.07) is 10.8. The van der Waals surface area contributed by atoms with Gasteiger partial charge in [-0.3, -0.25) is 0 Å². The highest BCUT2D eigenvalue weighted by Gasteiger charge is 2.26. The predicted octanol–water partition coefficient (Wildman–Crippen LogP) is 3.71. The third-order valence-corrected chi connectivity index (χ3v) is 6.39. The summed E-state index contributed by atoms with van der Waals surface area (Å²) < 4.78 is 41.1. The third kappa shape index (κ3) is 2.86. The lowest BCUT2D eigenvalue weighted by Crippen LogP contribution is -2.30. The van der Waals surface area contributed by atoms with Gasteiger partial charge in [0.25, 0.3) is 10.0 Å². The molecule has 1 saturated heterocycles. The van der Waals surface area contributed by atoms with E-state index in [2.05, 4.69) is 5.10 Å². The quantitative estimate of drug-likeness (QED) is 0.702. The van der Waals surface area contributed by atoms with Crippen molar-refractivity contribution in [2.24, 2.45) is 0 Å². The van der Waals surface area contributed by atoms with Gasteiger partial charge in [-0.2, -0.15) is 12.5 Å². The summed E-state index contributed by atoms with van der Waals surface area (Å²) in [6.07, 6.45) is 3.19. The molecule has 0 N–H and O–H groups in total. The SMILES string of the molecule is Cc1ccc(S(=O)(=O)n2nc(N3CCCCC3)c3cc(F)ccc32)cc1. The number of fused-ring (bicyclic) bond motifs is 1. The second-order valence-electron chi connectivity index (χ2n) is 6.69. The van der Waals surface area contributed by atoms with Crippen molar-refractivity contribution < 1.29 is 12.8 Å². The summed E-state index contributed by atoms with van der Waals surface area (Å²) in [5.74, 6) is 0.137. The fraction of sp³-hybridized carbons (Fsp3) is 0.316. The first-order valence-corrected chi connectivity index (χ1v) is 10.2. The third-order valence-electron chi connectivity index (χ3n) is 4.79. The van der Waals surface area contributed by atoms with E-state index in [4.69, 9.17) is 0 Å². The average molecular weight is 373 g/mol. The fourth-order valence-electron chi connectivity index (χ4n) is 3.38. The summed E-state index contributed by atoms with van der Waals surface area (Å²) in [5.41, 5.74) is 1.37. The Hall–Kier alpha value is -2.41. The Morgan fingerprint density at radius 3 is 2.38 bits per heavy atom. The summed E-state index contributed by atoms with van der Waals surface area (Å²) in [4.78, 5) is 2.22. The van der Waals surface area contributed by atoms with E-state index in [1.165, 1.54) is 18.2 Å². The van der Waals surface area contributed by atoms with E-state index >= 15 is 0 Å². The molecule has 1 aromatic heterocycles. The molecule has 4 rings (SSSR count). The van der Waals surface area contributed by atoms with Crippen molar-refractivity contribution in [2.45, 2.75) is 31.1 Å². The summed E-state index contributed by atoms with van der Waals surface area (Å²) in [6.45, 7) is 3.50. The Balaban J connectivity index is 1.91. The lowest BCUT2D eigenvalue weighted by molar-refractivity contribution is 0.568. The van der Waals surface area contributed by atoms with Crippen LogP contribution >= 0.6 is 0 Å². The van der Waals surface area contributed by atoms with Gasteiger partial charge in [-0.15, -0.1) is 5.10 Å². The Morgan fingerprint density at radius 1 is 1.00 bits per heavy atom. The molecule has 0 amide bonds. The number of piperidine rings is 1. The van der Waals surface area contributed by atoms with Gasteiger partial charge >= 0.3 is 0 Å². The highest BCUT2D eigenvalue weighted by molar-refractivity contribution is 7.90. The van der Waals surface area contributed by atoms with Crippen molar-refractivity contribution >= 4 is 26.7 Å². The van der Waals surface area contributed by atoms with E-state index in [9.17, 15) is 12.8 Å². The van der Waals surface area contributed by atoms with Crippen LogP contribution in [0.2, 0.25) is 0 Å². The zero-order valence-electron chi connectivity index (χ0n) is 14.5. The highest BCUT2D eigenvalue weighted by atomic mass is 32.2. The molecular weight excluding hydrogens is 353 g/mol. The van der Waals surface area contributed by atoms with Crippen LogP contribution in [0.25, 0.3) is 10.9 Å². The van der Waals surface area contributed by atoms with Crippen molar-refractivity contribution in [3.05, 3.63) is 53.8 Å². The largest absolute Gasteiger partial charge is 0.355 e. The van der Waals surface area contributed by atoms with Gasteiger partial charge in [0.05, 0.1) is 10.4 Å². The van der Waals surface area contributed by atoms with Gasteiger partial charge in [0.1, 0.15) is 5.82 Å². The average Bonchev–Trinajstić information content (AvgIpc) is 3.02. The number of rotatable bonds is 3. The van der Waals surface area contributed by atoms with E-state index in [-0.39, 0.29) is 4.90 Å². The number of hydrogen-bond donors (Lipinski definition) is 0. The summed E-state index contributed by atoms with van der Waals surface area (Å²) >= 11 is 0. The molecule has 7 heteroatoms. The maximum Gasteiger partial charge on any atom is 0.283 e. The zero-order valence-corrected chi connectivity index (χ0v) is 15.3. The standard InChI is InChI=1S/C19H20FN3O2S/c1-14-5-8-16(9-6-14)26(24,25)23-18-10-7-15(20)13-17(18)19(21-23)22-11-3-2-4-12-22/h5-10,13H,2-4,11-12H2,1H3. The minimum atomic E-state index is -3.86. The van der Waals surface area contributed by atoms with Gasteiger partial charge in [0.15, 0.2) is 5.82 Å². The number of aryl methyl sites for hydroxylation is 1.